The van der Waals surface area contributed by atoms with Gasteiger partial charge < -0.3 is 10.1 Å². The highest BCUT2D eigenvalue weighted by atomic mass is 32.2. The molecular weight excluding hydrogens is 372 g/mol. The Balaban J connectivity index is 1.66. The number of ether oxygens (including phenoxy) is 1. The van der Waals surface area contributed by atoms with Crippen LogP contribution in [0.2, 0.25) is 0 Å². The molecule has 28 heavy (non-hydrogen) atoms. The number of nitrogens with one attached hydrogen (secondary N) is 2. The van der Waals surface area contributed by atoms with Crippen molar-refractivity contribution in [3.8, 4) is 17.1 Å². The van der Waals surface area contributed by atoms with Crippen molar-refractivity contribution in [2.24, 2.45) is 0 Å². The zero-order chi connectivity index (χ0) is 20.1. The molecule has 0 spiro atoms. The predicted molar refractivity (Wildman–Crippen MR) is 113 cm³/mol. The number of hydrogen-bond donors (Lipinski definition) is 2. The minimum absolute atomic E-state index is 0.132. The number of anilines is 1. The average molecular weight is 397 g/mol. The molecule has 0 aliphatic carbocycles. The molecule has 7 heteroatoms. The fraction of sp³-hybridized carbons (Fsp3) is 0.286. The monoisotopic (exact) mass is 396 g/mol. The van der Waals surface area contributed by atoms with Gasteiger partial charge in [-0.15, -0.1) is 5.10 Å². The Morgan fingerprint density at radius 1 is 1.25 bits per heavy atom. The summed E-state index contributed by atoms with van der Waals surface area (Å²) < 4.78 is 5.32. The van der Waals surface area contributed by atoms with Crippen LogP contribution < -0.4 is 10.1 Å². The van der Waals surface area contributed by atoms with E-state index in [0.717, 1.165) is 17.5 Å². The lowest BCUT2D eigenvalue weighted by Gasteiger charge is -2.13. The number of aromatic nitrogens is 3. The molecule has 0 bridgehead atoms. The first-order valence-corrected chi connectivity index (χ1v) is 10.0. The largest absolute Gasteiger partial charge is 0.495 e. The van der Waals surface area contributed by atoms with Gasteiger partial charge in [-0.05, 0) is 43.5 Å². The van der Waals surface area contributed by atoms with Gasteiger partial charge in [-0.1, -0.05) is 49.0 Å². The molecule has 1 unspecified atom stereocenters. The summed E-state index contributed by atoms with van der Waals surface area (Å²) in [4.78, 5) is 17.1. The lowest BCUT2D eigenvalue weighted by atomic mass is 10.1. The van der Waals surface area contributed by atoms with Crippen molar-refractivity contribution in [3.05, 3.63) is 53.6 Å². The van der Waals surface area contributed by atoms with Crippen LogP contribution in [0.25, 0.3) is 11.4 Å². The number of aryl methyl sites for hydroxylation is 2. The average Bonchev–Trinajstić information content (AvgIpc) is 3.16. The molecule has 0 radical (unpaired) electrons. The van der Waals surface area contributed by atoms with Gasteiger partial charge >= 0.3 is 0 Å². The van der Waals surface area contributed by atoms with E-state index in [0.29, 0.717) is 22.4 Å². The van der Waals surface area contributed by atoms with Crippen molar-refractivity contribution >= 4 is 23.4 Å². The Morgan fingerprint density at radius 2 is 2.00 bits per heavy atom. The highest BCUT2D eigenvalue weighted by Crippen LogP contribution is 2.28. The fourth-order valence-corrected chi connectivity index (χ4v) is 3.42. The third-order valence-electron chi connectivity index (χ3n) is 4.36. The Hall–Kier alpha value is -2.80. The molecule has 2 aromatic carbocycles. The van der Waals surface area contributed by atoms with Crippen LogP contribution in [0, 0.1) is 6.92 Å². The van der Waals surface area contributed by atoms with Crippen LogP contribution in [0.5, 0.6) is 5.75 Å². The van der Waals surface area contributed by atoms with Crippen LogP contribution in [0.1, 0.15) is 25.0 Å². The summed E-state index contributed by atoms with van der Waals surface area (Å²) in [7, 11) is 1.58. The second-order valence-corrected chi connectivity index (χ2v) is 7.78. The molecular formula is C21H24N4O2S. The maximum absolute atomic E-state index is 12.6. The summed E-state index contributed by atoms with van der Waals surface area (Å²) in [6, 6.07) is 13.9. The third-order valence-corrected chi connectivity index (χ3v) is 5.33. The van der Waals surface area contributed by atoms with Gasteiger partial charge in [-0.3, -0.25) is 9.89 Å². The Bertz CT molecular complexity index is 953. The Labute approximate surface area is 169 Å². The number of nitrogens with zero attached hydrogens (tertiary/aromatic N) is 2. The molecule has 1 aromatic heterocycles. The van der Waals surface area contributed by atoms with Gasteiger partial charge in [0.1, 0.15) is 5.75 Å². The molecule has 0 saturated carbocycles. The molecule has 1 heterocycles. The highest BCUT2D eigenvalue weighted by molar-refractivity contribution is 8.00. The molecule has 1 atom stereocenters. The van der Waals surface area contributed by atoms with Gasteiger partial charge in [0, 0.05) is 5.56 Å². The van der Waals surface area contributed by atoms with E-state index < -0.39 is 0 Å². The number of methoxy groups -OCH3 is 1. The van der Waals surface area contributed by atoms with Crippen LogP contribution in [-0.4, -0.2) is 33.4 Å². The first kappa shape index (κ1) is 19.9. The second-order valence-electron chi connectivity index (χ2n) is 6.47. The number of carbonyl (C=O) groups is 1. The number of rotatable bonds is 7. The number of carbonyl (C=O) groups excluding carboxylic acids is 1. The lowest BCUT2D eigenvalue weighted by Crippen LogP contribution is -2.22. The molecule has 146 valence electrons. The molecule has 3 aromatic rings. The number of aromatic amines is 1. The zero-order valence-electron chi connectivity index (χ0n) is 16.4. The Kier molecular flexibility index (Phi) is 6.36. The van der Waals surface area contributed by atoms with Gasteiger partial charge in [-0.2, -0.15) is 0 Å². The van der Waals surface area contributed by atoms with E-state index in [-0.39, 0.29) is 11.2 Å². The molecule has 3 rings (SSSR count). The van der Waals surface area contributed by atoms with E-state index in [1.54, 1.807) is 7.11 Å². The number of thioether (sulfide) groups is 1. The van der Waals surface area contributed by atoms with Crippen molar-refractivity contribution in [1.82, 2.24) is 15.2 Å². The first-order chi connectivity index (χ1) is 13.5. The van der Waals surface area contributed by atoms with Crippen molar-refractivity contribution in [2.45, 2.75) is 37.6 Å². The molecule has 0 aliphatic rings. The zero-order valence-corrected chi connectivity index (χ0v) is 17.3. The SMILES string of the molecule is CCc1ccc(-c2nc(SC(C)C(=O)Nc3cc(C)ccc3OC)n[nH]2)cc1. The van der Waals surface area contributed by atoms with E-state index in [1.807, 2.05) is 44.2 Å². The van der Waals surface area contributed by atoms with Gasteiger partial charge in [0.15, 0.2) is 5.82 Å². The fourth-order valence-electron chi connectivity index (χ4n) is 2.69. The topological polar surface area (TPSA) is 79.9 Å². The van der Waals surface area contributed by atoms with Crippen LogP contribution in [0.4, 0.5) is 5.69 Å². The van der Waals surface area contributed by atoms with E-state index in [4.69, 9.17) is 4.74 Å². The summed E-state index contributed by atoms with van der Waals surface area (Å²) in [5.41, 5.74) is 3.95. The van der Waals surface area contributed by atoms with Crippen LogP contribution in [0.15, 0.2) is 47.6 Å². The quantitative estimate of drug-likeness (QED) is 0.576. The van der Waals surface area contributed by atoms with Crippen molar-refractivity contribution in [2.75, 3.05) is 12.4 Å². The molecule has 2 N–H and O–H groups in total. The summed E-state index contributed by atoms with van der Waals surface area (Å²) >= 11 is 1.31. The number of hydrogen-bond acceptors (Lipinski definition) is 5. The van der Waals surface area contributed by atoms with Gasteiger partial charge in [0.2, 0.25) is 11.1 Å². The molecule has 0 aliphatic heterocycles. The van der Waals surface area contributed by atoms with Gasteiger partial charge in [0.05, 0.1) is 18.0 Å². The van der Waals surface area contributed by atoms with Gasteiger partial charge in [-0.25, -0.2) is 4.98 Å². The number of amides is 1. The summed E-state index contributed by atoms with van der Waals surface area (Å²) in [5, 5.41) is 10.3. The number of benzene rings is 2. The summed E-state index contributed by atoms with van der Waals surface area (Å²) in [6.07, 6.45) is 0.996. The second kappa shape index (κ2) is 8.93. The lowest BCUT2D eigenvalue weighted by molar-refractivity contribution is -0.115. The van der Waals surface area contributed by atoms with Crippen LogP contribution in [-0.2, 0) is 11.2 Å². The van der Waals surface area contributed by atoms with E-state index in [2.05, 4.69) is 39.6 Å². The number of H-pyrrole nitrogens is 1. The van der Waals surface area contributed by atoms with E-state index >= 15 is 0 Å². The third kappa shape index (κ3) is 4.72. The summed E-state index contributed by atoms with van der Waals surface area (Å²) in [6.45, 7) is 5.92. The molecule has 0 fully saturated rings. The maximum atomic E-state index is 12.6. The van der Waals surface area contributed by atoms with Crippen molar-refractivity contribution in [1.29, 1.82) is 0 Å². The molecule has 6 nitrogen and oxygen atoms in total. The Morgan fingerprint density at radius 3 is 2.68 bits per heavy atom. The van der Waals surface area contributed by atoms with Crippen LogP contribution >= 0.6 is 11.8 Å². The van der Waals surface area contributed by atoms with E-state index in [1.165, 1.54) is 17.3 Å². The highest BCUT2D eigenvalue weighted by Gasteiger charge is 2.19. The molecule has 0 saturated heterocycles. The van der Waals surface area contributed by atoms with Crippen molar-refractivity contribution in [3.63, 3.8) is 0 Å². The normalized spacial score (nSPS) is 11.9. The minimum atomic E-state index is -0.365. The summed E-state index contributed by atoms with van der Waals surface area (Å²) in [5.74, 6) is 1.19. The molecule has 1 amide bonds. The van der Waals surface area contributed by atoms with Crippen LogP contribution in [0.3, 0.4) is 0 Å². The standard InChI is InChI=1S/C21H24N4O2S/c1-5-15-7-9-16(10-8-15)19-23-21(25-24-19)28-14(3)20(26)22-17-12-13(2)6-11-18(17)27-4/h6-12,14H,5H2,1-4H3,(H,22,26)(H,23,24,25). The smallest absolute Gasteiger partial charge is 0.237 e. The maximum Gasteiger partial charge on any atom is 0.237 e. The van der Waals surface area contributed by atoms with Crippen molar-refractivity contribution < 1.29 is 9.53 Å². The van der Waals surface area contributed by atoms with E-state index in [9.17, 15) is 4.79 Å². The minimum Gasteiger partial charge on any atom is -0.495 e. The first-order valence-electron chi connectivity index (χ1n) is 9.14. The predicted octanol–water partition coefficient (Wildman–Crippen LogP) is 4.47. The van der Waals surface area contributed by atoms with Gasteiger partial charge in [0.25, 0.3) is 0 Å².